The van der Waals surface area contributed by atoms with Crippen LogP contribution in [0.5, 0.6) is 0 Å². The number of thiophene rings is 1. The number of nitrogens with zero attached hydrogens (tertiary/aromatic N) is 4. The molecule has 1 unspecified atom stereocenters. The van der Waals surface area contributed by atoms with Crippen LogP contribution >= 0.6 is 22.9 Å². The van der Waals surface area contributed by atoms with Crippen molar-refractivity contribution < 1.29 is 8.60 Å². The molecule has 1 aromatic carbocycles. The first-order valence-corrected chi connectivity index (χ1v) is 13.0. The number of halogens is 2. The molecule has 0 spiro atoms. The Kier molecular flexibility index (Phi) is 5.00. The van der Waals surface area contributed by atoms with Gasteiger partial charge in [0.05, 0.1) is 42.0 Å². The van der Waals surface area contributed by atoms with Gasteiger partial charge in [-0.3, -0.25) is 14.4 Å². The van der Waals surface area contributed by atoms with Gasteiger partial charge < -0.3 is 5.73 Å². The molecule has 0 amide bonds. The van der Waals surface area contributed by atoms with Crippen molar-refractivity contribution in [3.8, 4) is 22.4 Å². The molecule has 1 aliphatic heterocycles. The lowest BCUT2D eigenvalue weighted by Crippen LogP contribution is -2.50. The predicted molar refractivity (Wildman–Crippen MR) is 134 cm³/mol. The number of guanidine groups is 1. The molecule has 4 heterocycles. The van der Waals surface area contributed by atoms with Gasteiger partial charge in [-0.2, -0.15) is 5.10 Å². The van der Waals surface area contributed by atoms with Gasteiger partial charge in [0.2, 0.25) is 5.96 Å². The van der Waals surface area contributed by atoms with Crippen molar-refractivity contribution in [3.63, 3.8) is 0 Å². The van der Waals surface area contributed by atoms with Crippen LogP contribution in [0.2, 0.25) is 5.02 Å². The zero-order valence-electron chi connectivity index (χ0n) is 17.8. The molecule has 170 valence electrons. The van der Waals surface area contributed by atoms with Crippen LogP contribution in [-0.4, -0.2) is 48.3 Å². The van der Waals surface area contributed by atoms with Crippen LogP contribution in [0, 0.1) is 5.82 Å². The quantitative estimate of drug-likeness (QED) is 0.409. The van der Waals surface area contributed by atoms with E-state index in [0.717, 1.165) is 15.6 Å². The normalized spacial score (nSPS) is 23.2. The summed E-state index contributed by atoms with van der Waals surface area (Å²) >= 11 is 8.15. The fourth-order valence-corrected chi connectivity index (χ4v) is 7.57. The molecule has 0 bridgehead atoms. The van der Waals surface area contributed by atoms with Crippen LogP contribution in [0.3, 0.4) is 0 Å². The van der Waals surface area contributed by atoms with Gasteiger partial charge >= 0.3 is 0 Å². The number of aromatic nitrogens is 3. The molecule has 0 radical (unpaired) electrons. The lowest BCUT2D eigenvalue weighted by atomic mass is 10.0. The third-order valence-electron chi connectivity index (χ3n) is 5.78. The first-order valence-electron chi connectivity index (χ1n) is 9.91. The van der Waals surface area contributed by atoms with E-state index in [9.17, 15) is 4.21 Å². The summed E-state index contributed by atoms with van der Waals surface area (Å²) in [6.45, 7) is 1.83. The second kappa shape index (κ2) is 7.54. The largest absolute Gasteiger partial charge is 0.369 e. The average Bonchev–Trinajstić information content (AvgIpc) is 3.41. The molecule has 11 heteroatoms. The highest BCUT2D eigenvalue weighted by atomic mass is 35.5. The Morgan fingerprint density at radius 3 is 2.82 bits per heavy atom. The number of hydrogen-bond acceptors (Lipinski definition) is 6. The molecule has 2 atom stereocenters. The molecular formula is C22H20ClFN6OS2. The number of fused-ring (bicyclic) bond motifs is 1. The summed E-state index contributed by atoms with van der Waals surface area (Å²) in [6, 6.07) is 6.76. The number of aromatic amines is 1. The monoisotopic (exact) mass is 502 g/mol. The number of nitrogens with one attached hydrogen (secondary N) is 1. The number of pyridine rings is 1. The highest BCUT2D eigenvalue weighted by Crippen LogP contribution is 2.47. The summed E-state index contributed by atoms with van der Waals surface area (Å²) in [5.41, 5.74) is 7.45. The minimum atomic E-state index is -2.67. The van der Waals surface area contributed by atoms with E-state index in [4.69, 9.17) is 17.3 Å². The van der Waals surface area contributed by atoms with Crippen molar-refractivity contribution in [2.75, 3.05) is 12.8 Å². The molecule has 33 heavy (non-hydrogen) atoms. The van der Waals surface area contributed by atoms with Crippen molar-refractivity contribution in [2.24, 2.45) is 10.7 Å². The Morgan fingerprint density at radius 1 is 1.36 bits per heavy atom. The molecule has 0 saturated carbocycles. The number of benzene rings is 1. The zero-order valence-corrected chi connectivity index (χ0v) is 20.2. The third kappa shape index (κ3) is 3.49. The fraction of sp³-hybridized carbons (Fsp3) is 0.182. The standard InChI is InChI=1S/C22H20ClFN6OS2/c1-22(11-33(3,31)30(2)21(25)29-22)20-17(23)15-6-7-26-18(19(15)32-20)14-5-4-12(8-16(14)24)13-9-27-28-10-13/h4-10H,3,11H2,1-2H3,(H2,25,29)(H,27,28)/t22-,33?/m0/s1. The molecule has 4 aromatic rings. The molecule has 7 nitrogen and oxygen atoms in total. The van der Waals surface area contributed by atoms with E-state index in [2.05, 4.69) is 26.0 Å². The smallest absolute Gasteiger partial charge is 0.203 e. The summed E-state index contributed by atoms with van der Waals surface area (Å²) in [5, 5.41) is 7.83. The zero-order chi connectivity index (χ0) is 23.5. The Hall–Kier alpha value is -2.95. The van der Waals surface area contributed by atoms with Gasteiger partial charge in [-0.05, 0) is 36.6 Å². The van der Waals surface area contributed by atoms with Crippen LogP contribution < -0.4 is 5.73 Å². The minimum absolute atomic E-state index is 0.136. The van der Waals surface area contributed by atoms with Crippen molar-refractivity contribution in [2.45, 2.75) is 12.5 Å². The minimum Gasteiger partial charge on any atom is -0.369 e. The van der Waals surface area contributed by atoms with Crippen LogP contribution in [0.4, 0.5) is 4.39 Å². The second-order valence-electron chi connectivity index (χ2n) is 8.12. The maximum atomic E-state index is 15.2. The van der Waals surface area contributed by atoms with E-state index >= 15 is 4.39 Å². The first-order chi connectivity index (χ1) is 15.6. The summed E-state index contributed by atoms with van der Waals surface area (Å²) in [7, 11) is -1.06. The van der Waals surface area contributed by atoms with Crippen molar-refractivity contribution in [3.05, 3.63) is 58.6 Å². The maximum absolute atomic E-state index is 15.2. The van der Waals surface area contributed by atoms with Gasteiger partial charge in [-0.25, -0.2) is 13.6 Å². The molecular weight excluding hydrogens is 483 g/mol. The van der Waals surface area contributed by atoms with E-state index in [1.165, 1.54) is 21.7 Å². The lowest BCUT2D eigenvalue weighted by molar-refractivity contribution is 0.522. The number of hydrogen-bond donors (Lipinski definition) is 2. The van der Waals surface area contributed by atoms with Gasteiger partial charge in [-0.15, -0.1) is 11.3 Å². The van der Waals surface area contributed by atoms with E-state index < -0.39 is 21.1 Å². The second-order valence-corrected chi connectivity index (χ2v) is 11.9. The highest BCUT2D eigenvalue weighted by Gasteiger charge is 2.40. The predicted octanol–water partition coefficient (Wildman–Crippen LogP) is 4.25. The van der Waals surface area contributed by atoms with Crippen LogP contribution in [0.1, 0.15) is 11.8 Å². The number of nitrogens with two attached hydrogens (primary N) is 1. The number of H-pyrrole nitrogens is 1. The molecule has 5 rings (SSSR count). The Morgan fingerprint density at radius 2 is 2.15 bits per heavy atom. The topological polar surface area (TPSA) is 100 Å². The fourth-order valence-electron chi connectivity index (χ4n) is 4.01. The van der Waals surface area contributed by atoms with Crippen molar-refractivity contribution >= 4 is 54.6 Å². The van der Waals surface area contributed by atoms with E-state index in [0.29, 0.717) is 26.7 Å². The Balaban J connectivity index is 1.67. The van der Waals surface area contributed by atoms with Crippen molar-refractivity contribution in [1.29, 1.82) is 0 Å². The van der Waals surface area contributed by atoms with Gasteiger partial charge in [0.15, 0.2) is 0 Å². The van der Waals surface area contributed by atoms with E-state index in [1.807, 2.05) is 13.0 Å². The molecule has 1 aliphatic rings. The Bertz CT molecular complexity index is 1530. The average molecular weight is 503 g/mol. The third-order valence-corrected chi connectivity index (χ3v) is 9.95. The summed E-state index contributed by atoms with van der Waals surface area (Å²) in [5.74, 6) is 3.74. The lowest BCUT2D eigenvalue weighted by Gasteiger charge is -2.36. The Labute approximate surface area is 199 Å². The molecule has 3 N–H and O–H groups in total. The van der Waals surface area contributed by atoms with Crippen LogP contribution in [-0.2, 0) is 15.2 Å². The molecule has 3 aromatic heterocycles. The maximum Gasteiger partial charge on any atom is 0.203 e. The van der Waals surface area contributed by atoms with Gasteiger partial charge in [0.1, 0.15) is 11.4 Å². The van der Waals surface area contributed by atoms with E-state index in [-0.39, 0.29) is 11.7 Å². The molecule has 0 fully saturated rings. The van der Waals surface area contributed by atoms with Crippen LogP contribution in [0.25, 0.3) is 32.5 Å². The van der Waals surface area contributed by atoms with Gasteiger partial charge in [0, 0.05) is 36.0 Å². The molecule has 0 aliphatic carbocycles. The summed E-state index contributed by atoms with van der Waals surface area (Å²) in [6.07, 6.45) is 4.93. The first kappa shape index (κ1) is 21.9. The van der Waals surface area contributed by atoms with E-state index in [1.54, 1.807) is 37.8 Å². The summed E-state index contributed by atoms with van der Waals surface area (Å²) in [4.78, 5) is 9.76. The van der Waals surface area contributed by atoms with Gasteiger partial charge in [-0.1, -0.05) is 17.7 Å². The summed E-state index contributed by atoms with van der Waals surface area (Å²) < 4.78 is 30.4. The SMILES string of the molecule is C=S1(=O)C[C@@](C)(c2sc3c(-c4ccc(-c5cn[nH]c5)cc4F)nccc3c2Cl)N=C(N)N1C. The number of aliphatic imine (C=N–C) groups is 1. The molecule has 0 saturated heterocycles. The number of rotatable bonds is 3. The van der Waals surface area contributed by atoms with Crippen molar-refractivity contribution in [1.82, 2.24) is 19.5 Å². The van der Waals surface area contributed by atoms with Crippen LogP contribution in [0.15, 0.2) is 47.8 Å². The van der Waals surface area contributed by atoms with Gasteiger partial charge in [0.25, 0.3) is 0 Å². The highest BCUT2D eigenvalue weighted by molar-refractivity contribution is 7.98.